The zero-order valence-corrected chi connectivity index (χ0v) is 10.6. The number of halogens is 2. The maximum absolute atomic E-state index is 12.5. The van der Waals surface area contributed by atoms with E-state index in [-0.39, 0.29) is 6.54 Å². The number of aromatic nitrogens is 2. The Hall–Kier alpha value is -1.50. The highest BCUT2D eigenvalue weighted by Crippen LogP contribution is 2.24. The molecule has 0 spiro atoms. The number of nitrogens with two attached hydrogens (primary N) is 1. The fraction of sp³-hybridized carbons (Fsp3) is 0.636. The lowest BCUT2D eigenvalue weighted by Gasteiger charge is -2.24. The molecule has 0 radical (unpaired) electrons. The molecule has 0 aromatic carbocycles. The molecule has 0 bridgehead atoms. The molecule has 7 heteroatoms. The van der Waals surface area contributed by atoms with Gasteiger partial charge in [-0.2, -0.15) is 0 Å². The normalized spacial score (nSPS) is 10.8. The Labute approximate surface area is 105 Å². The standard InChI is InChI=1S/C11H18F2N4O/c1-3-18-11-8(2)10(15-7-16-11)17(5-4-14)6-9(12)13/h7,9H,3-6,14H2,1-2H3. The second-order valence-corrected chi connectivity index (χ2v) is 3.69. The number of alkyl halides is 2. The van der Waals surface area contributed by atoms with Crippen molar-refractivity contribution >= 4 is 5.82 Å². The highest BCUT2D eigenvalue weighted by atomic mass is 19.3. The van der Waals surface area contributed by atoms with Crippen LogP contribution in [-0.4, -0.2) is 42.6 Å². The van der Waals surface area contributed by atoms with Gasteiger partial charge in [-0.15, -0.1) is 0 Å². The van der Waals surface area contributed by atoms with Crippen LogP contribution in [0.15, 0.2) is 6.33 Å². The van der Waals surface area contributed by atoms with E-state index >= 15 is 0 Å². The zero-order chi connectivity index (χ0) is 13.5. The highest BCUT2D eigenvalue weighted by Gasteiger charge is 2.17. The van der Waals surface area contributed by atoms with Crippen LogP contribution in [0.3, 0.4) is 0 Å². The van der Waals surface area contributed by atoms with Crippen molar-refractivity contribution in [2.24, 2.45) is 5.73 Å². The van der Waals surface area contributed by atoms with Crippen LogP contribution in [0.5, 0.6) is 5.88 Å². The molecule has 0 saturated carbocycles. The summed E-state index contributed by atoms with van der Waals surface area (Å²) in [6, 6.07) is 0. The first-order chi connectivity index (χ1) is 8.60. The Morgan fingerprint density at radius 3 is 2.72 bits per heavy atom. The van der Waals surface area contributed by atoms with Gasteiger partial charge in [0.1, 0.15) is 12.1 Å². The third-order valence-electron chi connectivity index (χ3n) is 2.35. The Morgan fingerprint density at radius 1 is 1.44 bits per heavy atom. The quantitative estimate of drug-likeness (QED) is 0.798. The first-order valence-corrected chi connectivity index (χ1v) is 5.77. The third kappa shape index (κ3) is 3.76. The molecule has 0 amide bonds. The first kappa shape index (κ1) is 14.6. The molecule has 0 aliphatic carbocycles. The van der Waals surface area contributed by atoms with Crippen LogP contribution >= 0.6 is 0 Å². The summed E-state index contributed by atoms with van der Waals surface area (Å²) >= 11 is 0. The lowest BCUT2D eigenvalue weighted by atomic mass is 10.3. The molecule has 1 aromatic heterocycles. The van der Waals surface area contributed by atoms with Gasteiger partial charge in [0.05, 0.1) is 18.7 Å². The van der Waals surface area contributed by atoms with Crippen molar-refractivity contribution in [3.63, 3.8) is 0 Å². The summed E-state index contributed by atoms with van der Waals surface area (Å²) in [5, 5.41) is 0. The predicted molar refractivity (Wildman–Crippen MR) is 65.2 cm³/mol. The Kier molecular flexibility index (Phi) is 5.70. The van der Waals surface area contributed by atoms with E-state index in [1.807, 2.05) is 6.92 Å². The molecule has 0 saturated heterocycles. The summed E-state index contributed by atoms with van der Waals surface area (Å²) < 4.78 is 30.3. The molecular weight excluding hydrogens is 242 g/mol. The van der Waals surface area contributed by atoms with Crippen LogP contribution in [0.4, 0.5) is 14.6 Å². The molecular formula is C11H18F2N4O. The zero-order valence-electron chi connectivity index (χ0n) is 10.6. The third-order valence-corrected chi connectivity index (χ3v) is 2.35. The average molecular weight is 260 g/mol. The van der Waals surface area contributed by atoms with Crippen molar-refractivity contribution < 1.29 is 13.5 Å². The van der Waals surface area contributed by atoms with Crippen LogP contribution in [0.25, 0.3) is 0 Å². The SMILES string of the molecule is CCOc1ncnc(N(CCN)CC(F)F)c1C. The van der Waals surface area contributed by atoms with Crippen molar-refractivity contribution in [3.05, 3.63) is 11.9 Å². The number of hydrogen-bond donors (Lipinski definition) is 1. The fourth-order valence-electron chi connectivity index (χ4n) is 1.63. The van der Waals surface area contributed by atoms with E-state index in [0.29, 0.717) is 30.4 Å². The summed E-state index contributed by atoms with van der Waals surface area (Å²) in [7, 11) is 0. The van der Waals surface area contributed by atoms with Crippen LogP contribution in [0.2, 0.25) is 0 Å². The number of ether oxygens (including phenoxy) is 1. The largest absolute Gasteiger partial charge is 0.478 e. The van der Waals surface area contributed by atoms with Gasteiger partial charge >= 0.3 is 0 Å². The Morgan fingerprint density at radius 2 is 2.17 bits per heavy atom. The monoisotopic (exact) mass is 260 g/mol. The van der Waals surface area contributed by atoms with E-state index in [4.69, 9.17) is 10.5 Å². The summed E-state index contributed by atoms with van der Waals surface area (Å²) in [4.78, 5) is 9.46. The second-order valence-electron chi connectivity index (χ2n) is 3.69. The van der Waals surface area contributed by atoms with Crippen molar-refractivity contribution in [1.82, 2.24) is 9.97 Å². The van der Waals surface area contributed by atoms with E-state index < -0.39 is 13.0 Å². The first-order valence-electron chi connectivity index (χ1n) is 5.77. The van der Waals surface area contributed by atoms with Gasteiger partial charge in [-0.25, -0.2) is 18.7 Å². The summed E-state index contributed by atoms with van der Waals surface area (Å²) in [5.41, 5.74) is 6.07. The van der Waals surface area contributed by atoms with Crippen LogP contribution < -0.4 is 15.4 Å². The van der Waals surface area contributed by atoms with Gasteiger partial charge in [-0.1, -0.05) is 0 Å². The fourth-order valence-corrected chi connectivity index (χ4v) is 1.63. The van der Waals surface area contributed by atoms with Crippen molar-refractivity contribution in [2.75, 3.05) is 31.1 Å². The molecule has 0 unspecified atom stereocenters. The molecule has 1 aromatic rings. The van der Waals surface area contributed by atoms with Gasteiger partial charge in [0.25, 0.3) is 6.43 Å². The van der Waals surface area contributed by atoms with E-state index in [9.17, 15) is 8.78 Å². The smallest absolute Gasteiger partial charge is 0.255 e. The van der Waals surface area contributed by atoms with Gasteiger partial charge in [0, 0.05) is 13.1 Å². The van der Waals surface area contributed by atoms with E-state index in [1.54, 1.807) is 6.92 Å². The molecule has 5 nitrogen and oxygen atoms in total. The number of hydrogen-bond acceptors (Lipinski definition) is 5. The molecule has 2 N–H and O–H groups in total. The van der Waals surface area contributed by atoms with Crippen LogP contribution in [0, 0.1) is 6.92 Å². The molecule has 0 fully saturated rings. The summed E-state index contributed by atoms with van der Waals surface area (Å²) in [6.45, 7) is 4.23. The molecule has 1 heterocycles. The van der Waals surface area contributed by atoms with Crippen LogP contribution in [0.1, 0.15) is 12.5 Å². The van der Waals surface area contributed by atoms with E-state index in [1.165, 1.54) is 11.2 Å². The number of nitrogens with zero attached hydrogens (tertiary/aromatic N) is 3. The van der Waals surface area contributed by atoms with E-state index in [2.05, 4.69) is 9.97 Å². The van der Waals surface area contributed by atoms with Gasteiger partial charge in [-0.3, -0.25) is 0 Å². The minimum atomic E-state index is -2.44. The lowest BCUT2D eigenvalue weighted by molar-refractivity contribution is 0.154. The molecule has 18 heavy (non-hydrogen) atoms. The van der Waals surface area contributed by atoms with Gasteiger partial charge in [0.2, 0.25) is 5.88 Å². The highest BCUT2D eigenvalue weighted by molar-refractivity contribution is 5.50. The second kappa shape index (κ2) is 7.05. The Balaban J connectivity index is 2.99. The topological polar surface area (TPSA) is 64.3 Å². The minimum absolute atomic E-state index is 0.278. The van der Waals surface area contributed by atoms with Crippen LogP contribution in [-0.2, 0) is 0 Å². The van der Waals surface area contributed by atoms with Crippen molar-refractivity contribution in [2.45, 2.75) is 20.3 Å². The maximum atomic E-state index is 12.5. The van der Waals surface area contributed by atoms with E-state index in [0.717, 1.165) is 0 Å². The van der Waals surface area contributed by atoms with Crippen molar-refractivity contribution in [3.8, 4) is 5.88 Å². The van der Waals surface area contributed by atoms with Crippen molar-refractivity contribution in [1.29, 1.82) is 0 Å². The maximum Gasteiger partial charge on any atom is 0.255 e. The van der Waals surface area contributed by atoms with Gasteiger partial charge in [0.15, 0.2) is 0 Å². The molecule has 0 aliphatic rings. The van der Waals surface area contributed by atoms with Gasteiger partial charge < -0.3 is 15.4 Å². The number of anilines is 1. The summed E-state index contributed by atoms with van der Waals surface area (Å²) in [6.07, 6.45) is -1.14. The molecule has 102 valence electrons. The summed E-state index contributed by atoms with van der Waals surface area (Å²) in [5.74, 6) is 0.859. The molecule has 0 aliphatic heterocycles. The molecule has 0 atom stereocenters. The lowest BCUT2D eigenvalue weighted by Crippen LogP contribution is -2.34. The van der Waals surface area contributed by atoms with Gasteiger partial charge in [-0.05, 0) is 13.8 Å². The Bertz CT molecular complexity index is 376. The minimum Gasteiger partial charge on any atom is -0.478 e. The number of rotatable bonds is 7. The predicted octanol–water partition coefficient (Wildman–Crippen LogP) is 1.21. The average Bonchev–Trinajstić information content (AvgIpc) is 2.31. The molecule has 1 rings (SSSR count).